The summed E-state index contributed by atoms with van der Waals surface area (Å²) in [6.07, 6.45) is 0. The Kier molecular flexibility index (Phi) is 2.92. The minimum atomic E-state index is -3.84. The number of nitriles is 1. The summed E-state index contributed by atoms with van der Waals surface area (Å²) in [7, 11) is -3.84. The average molecular weight is 174 g/mol. The second-order valence-corrected chi connectivity index (χ2v) is 3.44. The Bertz CT molecular complexity index is 322. The zero-order valence-electron chi connectivity index (χ0n) is 5.57. The number of allylic oxidation sites excluding steroid dienone is 1. The molecule has 0 amide bonds. The van der Waals surface area contributed by atoms with E-state index in [-0.39, 0.29) is 0 Å². The molecular weight excluding hydrogens is 168 g/mol. The SMILES string of the molecule is C=C(C#N)C(=O)CS(N)(=O)=O. The topological polar surface area (TPSA) is 101 Å². The first kappa shape index (κ1) is 9.81. The molecule has 0 aliphatic carbocycles. The van der Waals surface area contributed by atoms with Gasteiger partial charge in [0.05, 0.1) is 5.57 Å². The van der Waals surface area contributed by atoms with Crippen LogP contribution in [0.15, 0.2) is 12.2 Å². The first-order valence-corrected chi connectivity index (χ1v) is 4.21. The van der Waals surface area contributed by atoms with Crippen molar-refractivity contribution in [2.45, 2.75) is 0 Å². The van der Waals surface area contributed by atoms with Gasteiger partial charge in [0.25, 0.3) is 0 Å². The maximum absolute atomic E-state index is 10.6. The number of nitrogens with two attached hydrogens (primary N) is 1. The van der Waals surface area contributed by atoms with E-state index in [2.05, 4.69) is 11.7 Å². The Morgan fingerprint density at radius 1 is 1.64 bits per heavy atom. The Morgan fingerprint density at radius 3 is 2.36 bits per heavy atom. The molecular formula is C5H6N2O3S. The van der Waals surface area contributed by atoms with Gasteiger partial charge in [-0.1, -0.05) is 6.58 Å². The molecule has 11 heavy (non-hydrogen) atoms. The van der Waals surface area contributed by atoms with E-state index in [9.17, 15) is 13.2 Å². The predicted octanol–water partition coefficient (Wildman–Crippen LogP) is -1.08. The van der Waals surface area contributed by atoms with Crippen LogP contribution in [0.25, 0.3) is 0 Å². The van der Waals surface area contributed by atoms with Gasteiger partial charge in [0.15, 0.2) is 5.78 Å². The molecule has 0 atom stereocenters. The third-order valence-corrected chi connectivity index (χ3v) is 1.47. The van der Waals surface area contributed by atoms with Crippen LogP contribution in [-0.4, -0.2) is 20.0 Å². The smallest absolute Gasteiger partial charge is 0.216 e. The molecule has 0 rings (SSSR count). The highest BCUT2D eigenvalue weighted by molar-refractivity contribution is 7.89. The average Bonchev–Trinajstić information content (AvgIpc) is 1.82. The van der Waals surface area contributed by atoms with Gasteiger partial charge < -0.3 is 0 Å². The molecule has 0 spiro atoms. The Morgan fingerprint density at radius 2 is 2.09 bits per heavy atom. The van der Waals surface area contributed by atoms with E-state index in [1.807, 2.05) is 0 Å². The standard InChI is InChI=1S/C5H6N2O3S/c1-4(2-6)5(8)3-11(7,9)10/h1,3H2,(H2,7,9,10). The van der Waals surface area contributed by atoms with Gasteiger partial charge in [-0.15, -0.1) is 0 Å². The molecule has 2 N–H and O–H groups in total. The van der Waals surface area contributed by atoms with Gasteiger partial charge in [-0.05, 0) is 0 Å². The van der Waals surface area contributed by atoms with Gasteiger partial charge in [0.1, 0.15) is 11.8 Å². The van der Waals surface area contributed by atoms with Gasteiger partial charge in [-0.25, -0.2) is 13.6 Å². The number of ketones is 1. The van der Waals surface area contributed by atoms with Crippen molar-refractivity contribution in [3.8, 4) is 6.07 Å². The minimum Gasteiger partial charge on any atom is -0.292 e. The maximum Gasteiger partial charge on any atom is 0.216 e. The summed E-state index contributed by atoms with van der Waals surface area (Å²) in [5.74, 6) is -1.73. The van der Waals surface area contributed by atoms with Gasteiger partial charge in [0.2, 0.25) is 10.0 Å². The van der Waals surface area contributed by atoms with Crippen molar-refractivity contribution in [3.05, 3.63) is 12.2 Å². The van der Waals surface area contributed by atoms with E-state index in [4.69, 9.17) is 5.26 Å². The van der Waals surface area contributed by atoms with Crippen LogP contribution in [0.3, 0.4) is 0 Å². The predicted molar refractivity (Wildman–Crippen MR) is 37.7 cm³/mol. The summed E-state index contributed by atoms with van der Waals surface area (Å²) in [6.45, 7) is 3.03. The Labute approximate surface area is 64.2 Å². The first-order chi connectivity index (χ1) is 4.87. The number of nitrogens with zero attached hydrogens (tertiary/aromatic N) is 1. The van der Waals surface area contributed by atoms with E-state index in [0.717, 1.165) is 0 Å². The van der Waals surface area contributed by atoms with Crippen LogP contribution in [0.4, 0.5) is 0 Å². The van der Waals surface area contributed by atoms with Gasteiger partial charge >= 0.3 is 0 Å². The maximum atomic E-state index is 10.6. The van der Waals surface area contributed by atoms with Crippen molar-refractivity contribution in [2.24, 2.45) is 5.14 Å². The molecule has 0 aromatic heterocycles. The van der Waals surface area contributed by atoms with Crippen molar-refractivity contribution in [3.63, 3.8) is 0 Å². The highest BCUT2D eigenvalue weighted by Crippen LogP contribution is 1.91. The first-order valence-electron chi connectivity index (χ1n) is 2.49. The van der Waals surface area contributed by atoms with Crippen molar-refractivity contribution in [1.29, 1.82) is 5.26 Å². The molecule has 0 heterocycles. The summed E-state index contributed by atoms with van der Waals surface area (Å²) in [4.78, 5) is 10.6. The molecule has 5 nitrogen and oxygen atoms in total. The summed E-state index contributed by atoms with van der Waals surface area (Å²) in [5.41, 5.74) is -0.404. The minimum absolute atomic E-state index is 0.404. The zero-order valence-corrected chi connectivity index (χ0v) is 6.39. The molecule has 0 radical (unpaired) electrons. The quantitative estimate of drug-likeness (QED) is 0.434. The number of hydrogen-bond donors (Lipinski definition) is 1. The van der Waals surface area contributed by atoms with Crippen LogP contribution in [0.2, 0.25) is 0 Å². The molecule has 0 aromatic rings. The molecule has 0 saturated heterocycles. The summed E-state index contributed by atoms with van der Waals surface area (Å²) < 4.78 is 20.5. The summed E-state index contributed by atoms with van der Waals surface area (Å²) in [5, 5.41) is 12.6. The fourth-order valence-corrected chi connectivity index (χ4v) is 0.872. The van der Waals surface area contributed by atoms with E-state index < -0.39 is 27.1 Å². The highest BCUT2D eigenvalue weighted by Gasteiger charge is 2.13. The zero-order chi connectivity index (χ0) is 9.07. The lowest BCUT2D eigenvalue weighted by atomic mass is 10.2. The molecule has 0 fully saturated rings. The van der Waals surface area contributed by atoms with Crippen LogP contribution in [-0.2, 0) is 14.8 Å². The van der Waals surface area contributed by atoms with Crippen molar-refractivity contribution < 1.29 is 13.2 Å². The summed E-state index contributed by atoms with van der Waals surface area (Å²) in [6, 6.07) is 1.42. The monoisotopic (exact) mass is 174 g/mol. The molecule has 0 bridgehead atoms. The van der Waals surface area contributed by atoms with Crippen molar-refractivity contribution in [1.82, 2.24) is 0 Å². The number of primary sulfonamides is 1. The highest BCUT2D eigenvalue weighted by atomic mass is 32.2. The second kappa shape index (κ2) is 3.27. The Hall–Kier alpha value is -1.19. The van der Waals surface area contributed by atoms with Crippen LogP contribution in [0.5, 0.6) is 0 Å². The molecule has 0 aliphatic rings. The van der Waals surface area contributed by atoms with Gasteiger partial charge in [-0.3, -0.25) is 4.79 Å². The third-order valence-electron chi connectivity index (χ3n) is 0.804. The summed E-state index contributed by atoms with van der Waals surface area (Å²) >= 11 is 0. The van der Waals surface area contributed by atoms with E-state index in [1.165, 1.54) is 6.07 Å². The number of carbonyl (C=O) groups is 1. The number of sulfonamides is 1. The van der Waals surface area contributed by atoms with Crippen molar-refractivity contribution in [2.75, 3.05) is 5.75 Å². The molecule has 0 saturated carbocycles. The molecule has 60 valence electrons. The molecule has 0 aromatic carbocycles. The lowest BCUT2D eigenvalue weighted by molar-refractivity contribution is -0.112. The van der Waals surface area contributed by atoms with E-state index in [0.29, 0.717) is 0 Å². The Balaban J connectivity index is 4.37. The fourth-order valence-electron chi connectivity index (χ4n) is 0.332. The normalized spacial score (nSPS) is 10.2. The molecule has 0 aliphatic heterocycles. The van der Waals surface area contributed by atoms with Crippen molar-refractivity contribution >= 4 is 15.8 Å². The van der Waals surface area contributed by atoms with Crippen LogP contribution in [0, 0.1) is 11.3 Å². The number of rotatable bonds is 3. The van der Waals surface area contributed by atoms with Crippen LogP contribution < -0.4 is 5.14 Å². The van der Waals surface area contributed by atoms with Crippen LogP contribution in [0.1, 0.15) is 0 Å². The fraction of sp³-hybridized carbons (Fsp3) is 0.200. The largest absolute Gasteiger partial charge is 0.292 e. The number of Topliss-reactive ketones (excluding diaryl/α,β-unsaturated/α-hetero) is 1. The third kappa shape index (κ3) is 4.25. The molecule has 6 heteroatoms. The van der Waals surface area contributed by atoms with E-state index in [1.54, 1.807) is 0 Å². The number of hydrogen-bond acceptors (Lipinski definition) is 4. The molecule has 0 unspecified atom stereocenters. The van der Waals surface area contributed by atoms with Gasteiger partial charge in [-0.2, -0.15) is 5.26 Å². The second-order valence-electron chi connectivity index (χ2n) is 1.82. The lowest BCUT2D eigenvalue weighted by Crippen LogP contribution is -2.23. The van der Waals surface area contributed by atoms with E-state index >= 15 is 0 Å². The lowest BCUT2D eigenvalue weighted by Gasteiger charge is -1.93. The number of carbonyl (C=O) groups excluding carboxylic acids is 1. The van der Waals surface area contributed by atoms with Crippen LogP contribution >= 0.6 is 0 Å². The van der Waals surface area contributed by atoms with Gasteiger partial charge in [0, 0.05) is 0 Å².